The van der Waals surface area contributed by atoms with E-state index in [0.29, 0.717) is 5.69 Å². The van der Waals surface area contributed by atoms with Crippen LogP contribution in [0.4, 0.5) is 34.1 Å². The minimum atomic E-state index is -0.497. The van der Waals surface area contributed by atoms with E-state index in [1.807, 2.05) is 6.07 Å². The quantitative estimate of drug-likeness (QED) is 0.142. The lowest BCUT2D eigenvalue weighted by atomic mass is 9.33. The Morgan fingerprint density at radius 2 is 0.720 bits per heavy atom. The van der Waals surface area contributed by atoms with Gasteiger partial charge in [0.1, 0.15) is 0 Å². The van der Waals surface area contributed by atoms with Crippen LogP contribution in [-0.4, -0.2) is 16.3 Å². The van der Waals surface area contributed by atoms with Gasteiger partial charge < -0.3 is 14.4 Å². The molecule has 100 heavy (non-hydrogen) atoms. The van der Waals surface area contributed by atoms with Crippen molar-refractivity contribution in [1.29, 1.82) is 0 Å². The first-order valence-corrected chi connectivity index (χ1v) is 35.5. The van der Waals surface area contributed by atoms with E-state index in [0.717, 1.165) is 123 Å². The molecule has 11 aromatic carbocycles. The zero-order valence-electron chi connectivity index (χ0n) is 69.4. The molecule has 2 aliphatic rings. The van der Waals surface area contributed by atoms with Crippen molar-refractivity contribution in [2.24, 2.45) is 0 Å². The number of aromatic nitrogens is 2. The molecular formula is C95H95BN4. The molecule has 0 atom stereocenters. The van der Waals surface area contributed by atoms with E-state index in [1.165, 1.54) is 16.7 Å². The SMILES string of the molecule is [2H]c1c([2H])c([2H])c2c(c1[2H])c1c([2H])c([2H])c([2H])c([2H])c1n2-c1ccc2c(c1)N(c1c(-c3ccccc3)cc(C(C)(C)C)cc1-c1cccc(C(C)(C)C)n1)c1cc(C(C)(C)C)cc3c1B2c1ccc(-c2cc(C(C)(C)C)cc(C(C)(C)C)c2)cc1N3c1c(-c2ccccc2)cc(C(C)(C)C)cc1-c1ccccc1. The second-order valence-corrected chi connectivity index (χ2v) is 34.0. The van der Waals surface area contributed by atoms with Crippen molar-refractivity contribution in [3.8, 4) is 61.5 Å². The van der Waals surface area contributed by atoms with Gasteiger partial charge in [-0.15, -0.1) is 0 Å². The van der Waals surface area contributed by atoms with Gasteiger partial charge in [0.15, 0.2) is 0 Å². The molecule has 0 aliphatic carbocycles. The van der Waals surface area contributed by atoms with Crippen molar-refractivity contribution in [1.82, 2.24) is 9.55 Å². The summed E-state index contributed by atoms with van der Waals surface area (Å²) >= 11 is 0. The van der Waals surface area contributed by atoms with Crippen LogP contribution in [0.15, 0.2) is 249 Å². The maximum atomic E-state index is 9.88. The first-order valence-electron chi connectivity index (χ1n) is 39.5. The smallest absolute Gasteiger partial charge is 0.252 e. The van der Waals surface area contributed by atoms with Crippen molar-refractivity contribution in [2.75, 3.05) is 9.80 Å². The van der Waals surface area contributed by atoms with Crippen molar-refractivity contribution >= 4 is 79.0 Å². The van der Waals surface area contributed by atoms with Crippen LogP contribution in [0.2, 0.25) is 0 Å². The van der Waals surface area contributed by atoms with Crippen molar-refractivity contribution in [3.63, 3.8) is 0 Å². The van der Waals surface area contributed by atoms with Crippen LogP contribution in [-0.2, 0) is 32.5 Å². The molecule has 0 saturated heterocycles. The Hall–Kier alpha value is -9.97. The third-order valence-corrected chi connectivity index (χ3v) is 20.7. The molecule has 2 aliphatic heterocycles. The molecule has 0 bridgehead atoms. The molecule has 0 fully saturated rings. The summed E-state index contributed by atoms with van der Waals surface area (Å²) in [6, 6.07) is 70.3. The van der Waals surface area contributed by atoms with Gasteiger partial charge in [-0.1, -0.05) is 294 Å². The molecule has 498 valence electrons. The van der Waals surface area contributed by atoms with Gasteiger partial charge in [-0.05, 0) is 178 Å². The third kappa shape index (κ3) is 11.6. The summed E-state index contributed by atoms with van der Waals surface area (Å²) in [6.07, 6.45) is 0. The minimum absolute atomic E-state index is 0.0126. The Morgan fingerprint density at radius 1 is 0.320 bits per heavy atom. The average molecular weight is 1310 g/mol. The number of hydrogen-bond donors (Lipinski definition) is 0. The number of benzene rings is 11. The Morgan fingerprint density at radius 3 is 1.17 bits per heavy atom. The summed E-state index contributed by atoms with van der Waals surface area (Å²) in [7, 11) is 0. The summed E-state index contributed by atoms with van der Waals surface area (Å²) in [6.45, 7) is 40.4. The first kappa shape index (κ1) is 56.9. The van der Waals surface area contributed by atoms with Crippen molar-refractivity contribution in [3.05, 3.63) is 282 Å². The van der Waals surface area contributed by atoms with Crippen LogP contribution < -0.4 is 26.2 Å². The van der Waals surface area contributed by atoms with Gasteiger partial charge in [0.05, 0.1) is 39.1 Å². The van der Waals surface area contributed by atoms with Crippen LogP contribution >= 0.6 is 0 Å². The molecule has 15 rings (SSSR count). The molecule has 0 radical (unpaired) electrons. The summed E-state index contributed by atoms with van der Waals surface area (Å²) in [5.74, 6) is 0. The lowest BCUT2D eigenvalue weighted by Crippen LogP contribution is -2.61. The largest absolute Gasteiger partial charge is 0.310 e. The molecule has 2 aromatic heterocycles. The highest BCUT2D eigenvalue weighted by molar-refractivity contribution is 7.00. The Balaban J connectivity index is 1.19. The van der Waals surface area contributed by atoms with Crippen LogP contribution in [0.25, 0.3) is 83.3 Å². The first-order chi connectivity index (χ1) is 50.7. The maximum absolute atomic E-state index is 9.88. The number of para-hydroxylation sites is 2. The van der Waals surface area contributed by atoms with Gasteiger partial charge in [0, 0.05) is 72.6 Å². The molecule has 0 spiro atoms. The van der Waals surface area contributed by atoms with Gasteiger partial charge in [-0.3, -0.25) is 4.98 Å². The van der Waals surface area contributed by atoms with E-state index in [1.54, 1.807) is 4.57 Å². The summed E-state index contributed by atoms with van der Waals surface area (Å²) < 4.78 is 77.4. The van der Waals surface area contributed by atoms with Crippen LogP contribution in [0.5, 0.6) is 0 Å². The highest BCUT2D eigenvalue weighted by Gasteiger charge is 2.47. The maximum Gasteiger partial charge on any atom is 0.252 e. The lowest BCUT2D eigenvalue weighted by molar-refractivity contribution is 0.569. The van der Waals surface area contributed by atoms with Gasteiger partial charge in [0.2, 0.25) is 0 Å². The molecule has 4 nitrogen and oxygen atoms in total. The highest BCUT2D eigenvalue weighted by atomic mass is 15.2. The van der Waals surface area contributed by atoms with Crippen LogP contribution in [0, 0.1) is 0 Å². The minimum Gasteiger partial charge on any atom is -0.310 e. The summed E-state index contributed by atoms with van der Waals surface area (Å²) in [4.78, 5) is 10.8. The number of rotatable bonds is 8. The monoisotopic (exact) mass is 1310 g/mol. The average Bonchev–Trinajstić information content (AvgIpc) is 0.708. The van der Waals surface area contributed by atoms with E-state index in [-0.39, 0.29) is 61.0 Å². The number of nitrogens with zero attached hydrogens (tertiary/aromatic N) is 4. The fourth-order valence-electron chi connectivity index (χ4n) is 14.9. The molecule has 0 unspecified atom stereocenters. The molecule has 13 aromatic rings. The number of pyridine rings is 1. The molecule has 4 heterocycles. The van der Waals surface area contributed by atoms with Crippen molar-refractivity contribution < 1.29 is 11.0 Å². The van der Waals surface area contributed by atoms with E-state index in [9.17, 15) is 8.22 Å². The van der Waals surface area contributed by atoms with E-state index < -0.39 is 48.4 Å². The third-order valence-electron chi connectivity index (χ3n) is 20.7. The topological polar surface area (TPSA) is 24.3 Å². The Kier molecular flexibility index (Phi) is 13.6. The Labute approximate surface area is 606 Å². The molecule has 0 saturated carbocycles. The second-order valence-electron chi connectivity index (χ2n) is 34.0. The molecule has 5 heteroatoms. The normalized spacial score (nSPS) is 14.6. The number of hydrogen-bond acceptors (Lipinski definition) is 3. The zero-order valence-corrected chi connectivity index (χ0v) is 61.4. The lowest BCUT2D eigenvalue weighted by Gasteiger charge is -2.47. The van der Waals surface area contributed by atoms with Gasteiger partial charge in [-0.2, -0.15) is 0 Å². The number of fused-ring (bicyclic) bond motifs is 7. The van der Waals surface area contributed by atoms with Crippen LogP contribution in [0.1, 0.15) is 169 Å². The fourth-order valence-corrected chi connectivity index (χ4v) is 14.9. The zero-order chi connectivity index (χ0) is 77.3. The summed E-state index contributed by atoms with van der Waals surface area (Å²) in [5, 5.41) is 0.0253. The predicted octanol–water partition coefficient (Wildman–Crippen LogP) is 24.4. The molecular weight excluding hydrogens is 1210 g/mol. The van der Waals surface area contributed by atoms with E-state index >= 15 is 0 Å². The molecule has 0 N–H and O–H groups in total. The second kappa shape index (κ2) is 23.9. The van der Waals surface area contributed by atoms with Gasteiger partial charge >= 0.3 is 0 Å². The van der Waals surface area contributed by atoms with Gasteiger partial charge in [-0.25, -0.2) is 0 Å². The standard InChI is InChI=1S/C95H95BN4/c1-90(2,3)65-49-64(50-66(52-65)91(4,5)6)63-45-47-77-82(51-63)99(88-73(60-33-22-19-23-34-60)53-67(92(7,8)9)54-74(88)61-35-24-20-25-36-61)84-57-69(94(13,14)15)58-85-87(84)96(77)78-48-46-70(98-80-42-30-28-39-71(80)72-40-29-31-43-81(72)98)59-83(78)100(85)89-75(62-37-26-21-27-38-62)55-68(93(10,11)12)56-76(89)79-41-32-44-86(97-79)95(16,17)18/h19-59H,1-18H3/i28D,29D,30D,31D,39D,40D,42D,43D. The summed E-state index contributed by atoms with van der Waals surface area (Å²) in [5.41, 5.74) is 24.2. The fraction of sp³-hybridized carbons (Fsp3) is 0.253. The number of anilines is 6. The Bertz CT molecular complexity index is 5690. The predicted molar refractivity (Wildman–Crippen MR) is 432 cm³/mol. The van der Waals surface area contributed by atoms with Crippen molar-refractivity contribution in [2.45, 2.75) is 157 Å². The highest BCUT2D eigenvalue weighted by Crippen LogP contribution is 2.56. The molecule has 0 amide bonds. The van der Waals surface area contributed by atoms with Crippen LogP contribution in [0.3, 0.4) is 0 Å². The van der Waals surface area contributed by atoms with E-state index in [4.69, 9.17) is 7.73 Å². The van der Waals surface area contributed by atoms with E-state index in [2.05, 4.69) is 329 Å². The van der Waals surface area contributed by atoms with Gasteiger partial charge in [0.25, 0.3) is 6.71 Å².